The van der Waals surface area contributed by atoms with E-state index in [1.807, 2.05) is 42.6 Å². The highest BCUT2D eigenvalue weighted by Crippen LogP contribution is 2.35. The number of aliphatic hydroxyl groups is 3. The first-order valence-corrected chi connectivity index (χ1v) is 10.6. The number of ether oxygens (including phenoxy) is 3. The molecule has 3 N–H and O–H groups in total. The number of fused-ring (bicyclic) bond motifs is 2. The minimum absolute atomic E-state index is 0.0336. The maximum Gasteiger partial charge on any atom is 0.227 e. The highest BCUT2D eigenvalue weighted by atomic mass is 16.7. The van der Waals surface area contributed by atoms with Gasteiger partial charge < -0.3 is 34.1 Å². The van der Waals surface area contributed by atoms with Gasteiger partial charge in [-0.15, -0.1) is 0 Å². The van der Waals surface area contributed by atoms with Crippen LogP contribution in [0.5, 0.6) is 5.75 Å². The van der Waals surface area contributed by atoms with Crippen LogP contribution in [0.2, 0.25) is 0 Å². The van der Waals surface area contributed by atoms with Crippen molar-refractivity contribution in [3.8, 4) is 5.75 Å². The number of hydrogen-bond donors (Lipinski definition) is 3. The minimum atomic E-state index is -1.24. The van der Waals surface area contributed by atoms with E-state index in [1.54, 1.807) is 7.11 Å². The van der Waals surface area contributed by atoms with E-state index in [0.29, 0.717) is 5.90 Å². The van der Waals surface area contributed by atoms with E-state index in [1.165, 1.54) is 0 Å². The van der Waals surface area contributed by atoms with Gasteiger partial charge in [0.15, 0.2) is 0 Å². The molecule has 5 rings (SSSR count). The molecule has 8 nitrogen and oxygen atoms in total. The van der Waals surface area contributed by atoms with Gasteiger partial charge in [0.2, 0.25) is 12.2 Å². The molecule has 2 aliphatic rings. The number of rotatable bonds is 5. The summed E-state index contributed by atoms with van der Waals surface area (Å²) in [5.41, 5.74) is 2.85. The minimum Gasteiger partial charge on any atom is -0.497 e. The molecule has 1 saturated heterocycles. The normalized spacial score (nSPS) is 28.2. The van der Waals surface area contributed by atoms with Crippen molar-refractivity contribution in [1.82, 2.24) is 4.57 Å². The Balaban J connectivity index is 1.58. The Kier molecular flexibility index (Phi) is 5.38. The summed E-state index contributed by atoms with van der Waals surface area (Å²) in [6.07, 6.45) is -2.26. The number of methoxy groups -OCH3 is 1. The van der Waals surface area contributed by atoms with Crippen LogP contribution in [0.25, 0.3) is 10.9 Å². The van der Waals surface area contributed by atoms with Crippen molar-refractivity contribution >= 4 is 16.8 Å². The molecule has 0 saturated carbocycles. The maximum absolute atomic E-state index is 10.5. The largest absolute Gasteiger partial charge is 0.497 e. The van der Waals surface area contributed by atoms with Crippen LogP contribution >= 0.6 is 0 Å². The lowest BCUT2D eigenvalue weighted by molar-refractivity contribution is -0.234. The molecule has 1 unspecified atom stereocenters. The van der Waals surface area contributed by atoms with E-state index in [9.17, 15) is 15.3 Å². The van der Waals surface area contributed by atoms with Gasteiger partial charge in [0, 0.05) is 17.6 Å². The summed E-state index contributed by atoms with van der Waals surface area (Å²) in [5.74, 6) is 1.07. The zero-order chi connectivity index (χ0) is 22.4. The van der Waals surface area contributed by atoms with Crippen LogP contribution in [0, 0.1) is 0 Å². The van der Waals surface area contributed by atoms with Crippen LogP contribution in [-0.2, 0) is 9.47 Å². The van der Waals surface area contributed by atoms with Crippen molar-refractivity contribution in [3.05, 3.63) is 65.9 Å². The third kappa shape index (κ3) is 3.36. The standard InChI is InChI=1S/C24H26N2O6/c1-13(14-6-4-3-5-7-14)26-11-17(16-9-8-15(30-2)10-18(16)26)23-25-20-22(29)21(28)19(12-27)31-24(20)32-23/h3-11,13,19-22,24,27-29H,12H2,1-2H3/t13?,19-,20-,21-,22-,24-/m1/s1. The molecule has 1 fully saturated rings. The molecule has 168 valence electrons. The summed E-state index contributed by atoms with van der Waals surface area (Å²) < 4.78 is 19.2. The predicted molar refractivity (Wildman–Crippen MR) is 118 cm³/mol. The van der Waals surface area contributed by atoms with Gasteiger partial charge in [0.05, 0.1) is 30.8 Å². The second kappa shape index (κ2) is 8.22. The Labute approximate surface area is 185 Å². The lowest BCUT2D eigenvalue weighted by atomic mass is 9.98. The summed E-state index contributed by atoms with van der Waals surface area (Å²) in [6.45, 7) is 1.69. The fourth-order valence-corrected chi connectivity index (χ4v) is 4.45. The highest BCUT2D eigenvalue weighted by Gasteiger charge is 2.49. The first-order chi connectivity index (χ1) is 15.5. The number of aliphatic imine (C=N–C) groups is 1. The second-order valence-electron chi connectivity index (χ2n) is 8.17. The third-order valence-corrected chi connectivity index (χ3v) is 6.31. The molecule has 6 atom stereocenters. The Hall–Kier alpha value is -2.91. The van der Waals surface area contributed by atoms with Gasteiger partial charge in [0.1, 0.15) is 30.1 Å². The van der Waals surface area contributed by atoms with Gasteiger partial charge in [-0.25, -0.2) is 4.99 Å². The van der Waals surface area contributed by atoms with E-state index >= 15 is 0 Å². The van der Waals surface area contributed by atoms with E-state index in [-0.39, 0.29) is 6.04 Å². The molecule has 0 radical (unpaired) electrons. The third-order valence-electron chi connectivity index (χ3n) is 6.31. The second-order valence-corrected chi connectivity index (χ2v) is 8.17. The molecule has 8 heteroatoms. The average molecular weight is 438 g/mol. The van der Waals surface area contributed by atoms with Gasteiger partial charge in [-0.3, -0.25) is 0 Å². The van der Waals surface area contributed by atoms with Crippen molar-refractivity contribution < 1.29 is 29.5 Å². The number of benzene rings is 2. The Morgan fingerprint density at radius 1 is 1.12 bits per heavy atom. The van der Waals surface area contributed by atoms with E-state index < -0.39 is 37.3 Å². The topological polar surface area (TPSA) is 106 Å². The Morgan fingerprint density at radius 2 is 1.91 bits per heavy atom. The molecule has 1 aromatic heterocycles. The van der Waals surface area contributed by atoms with E-state index in [2.05, 4.69) is 28.6 Å². The smallest absolute Gasteiger partial charge is 0.227 e. The highest BCUT2D eigenvalue weighted by molar-refractivity contribution is 6.08. The quantitative estimate of drug-likeness (QED) is 0.562. The molecule has 3 heterocycles. The molecule has 3 aromatic rings. The number of aromatic nitrogens is 1. The molecule has 2 aliphatic heterocycles. The first kappa shape index (κ1) is 21.0. The molecule has 32 heavy (non-hydrogen) atoms. The zero-order valence-electron chi connectivity index (χ0n) is 17.8. The van der Waals surface area contributed by atoms with Crippen molar-refractivity contribution in [2.45, 2.75) is 43.6 Å². The Morgan fingerprint density at radius 3 is 2.62 bits per heavy atom. The molecule has 0 spiro atoms. The molecular weight excluding hydrogens is 412 g/mol. The number of aliphatic hydroxyl groups excluding tert-OH is 3. The summed E-state index contributed by atoms with van der Waals surface area (Å²) in [4.78, 5) is 4.55. The molecule has 0 aliphatic carbocycles. The van der Waals surface area contributed by atoms with Crippen molar-refractivity contribution in [1.29, 1.82) is 0 Å². The summed E-state index contributed by atoms with van der Waals surface area (Å²) in [6, 6.07) is 15.2. The monoisotopic (exact) mass is 438 g/mol. The lowest BCUT2D eigenvalue weighted by Gasteiger charge is -2.36. The molecular formula is C24H26N2O6. The summed E-state index contributed by atoms with van der Waals surface area (Å²) in [5, 5.41) is 31.0. The van der Waals surface area contributed by atoms with Crippen molar-refractivity contribution in [2.24, 2.45) is 4.99 Å². The summed E-state index contributed by atoms with van der Waals surface area (Å²) >= 11 is 0. The van der Waals surface area contributed by atoms with Crippen LogP contribution in [0.4, 0.5) is 0 Å². The maximum atomic E-state index is 10.5. The molecule has 2 aromatic carbocycles. The van der Waals surface area contributed by atoms with Gasteiger partial charge in [-0.1, -0.05) is 30.3 Å². The molecule has 0 bridgehead atoms. The van der Waals surface area contributed by atoms with Gasteiger partial charge in [-0.2, -0.15) is 0 Å². The van der Waals surface area contributed by atoms with E-state index in [4.69, 9.17) is 14.2 Å². The zero-order valence-corrected chi connectivity index (χ0v) is 17.8. The van der Waals surface area contributed by atoms with Gasteiger partial charge in [-0.05, 0) is 24.6 Å². The van der Waals surface area contributed by atoms with Crippen LogP contribution in [0.3, 0.4) is 0 Å². The fraction of sp³-hybridized carbons (Fsp3) is 0.375. The van der Waals surface area contributed by atoms with Crippen LogP contribution in [0.1, 0.15) is 24.1 Å². The fourth-order valence-electron chi connectivity index (χ4n) is 4.45. The molecule has 0 amide bonds. The number of nitrogens with zero attached hydrogens (tertiary/aromatic N) is 2. The van der Waals surface area contributed by atoms with Crippen molar-refractivity contribution in [2.75, 3.05) is 13.7 Å². The predicted octanol–water partition coefficient (Wildman–Crippen LogP) is 1.84. The summed E-state index contributed by atoms with van der Waals surface area (Å²) in [7, 11) is 1.63. The van der Waals surface area contributed by atoms with Gasteiger partial charge >= 0.3 is 0 Å². The first-order valence-electron chi connectivity index (χ1n) is 10.6. The van der Waals surface area contributed by atoms with Gasteiger partial charge in [0.25, 0.3) is 0 Å². The van der Waals surface area contributed by atoms with E-state index in [0.717, 1.165) is 27.8 Å². The van der Waals surface area contributed by atoms with Crippen molar-refractivity contribution in [3.63, 3.8) is 0 Å². The SMILES string of the molecule is COc1ccc2c(C3=N[C@H]4[C@@H](O3)O[C@H](CO)[C@@H](O)[C@@H]4O)cn(C(C)c3ccccc3)c2c1. The average Bonchev–Trinajstić information content (AvgIpc) is 3.42. The lowest BCUT2D eigenvalue weighted by Crippen LogP contribution is -2.56. The van der Waals surface area contributed by atoms with Crippen LogP contribution < -0.4 is 4.74 Å². The van der Waals surface area contributed by atoms with Crippen LogP contribution in [0.15, 0.2) is 59.7 Å². The number of hydrogen-bond acceptors (Lipinski definition) is 7. The van der Waals surface area contributed by atoms with Crippen LogP contribution in [-0.4, -0.2) is 70.1 Å². The Bertz CT molecular complexity index is 1140.